The summed E-state index contributed by atoms with van der Waals surface area (Å²) < 4.78 is 5.17. The van der Waals surface area contributed by atoms with Crippen molar-refractivity contribution >= 4 is 5.95 Å². The van der Waals surface area contributed by atoms with Gasteiger partial charge in [0.1, 0.15) is 5.75 Å². The highest BCUT2D eigenvalue weighted by Gasteiger charge is 2.17. The Kier molecular flexibility index (Phi) is 4.53. The molecule has 3 rings (SSSR count). The summed E-state index contributed by atoms with van der Waals surface area (Å²) in [5, 5.41) is 0. The zero-order chi connectivity index (χ0) is 15.4. The van der Waals surface area contributed by atoms with E-state index in [-0.39, 0.29) is 0 Å². The van der Waals surface area contributed by atoms with Crippen molar-refractivity contribution in [3.63, 3.8) is 0 Å². The highest BCUT2D eigenvalue weighted by molar-refractivity contribution is 5.33. The van der Waals surface area contributed by atoms with Crippen LogP contribution in [0, 0.1) is 0 Å². The van der Waals surface area contributed by atoms with Gasteiger partial charge in [0.25, 0.3) is 0 Å². The Bertz CT molecular complexity index is 589. The number of hydrogen-bond acceptors (Lipinski definition) is 5. The van der Waals surface area contributed by atoms with Crippen LogP contribution in [0.1, 0.15) is 24.0 Å². The highest BCUT2D eigenvalue weighted by atomic mass is 16.5. The molecule has 1 saturated heterocycles. The number of nitrogens with zero attached hydrogens (tertiary/aromatic N) is 3. The summed E-state index contributed by atoms with van der Waals surface area (Å²) in [6, 6.07) is 8.41. The van der Waals surface area contributed by atoms with E-state index in [1.807, 2.05) is 24.5 Å². The third-order valence-corrected chi connectivity index (χ3v) is 4.08. The molecule has 1 fully saturated rings. The molecule has 0 radical (unpaired) electrons. The van der Waals surface area contributed by atoms with E-state index < -0.39 is 0 Å². The summed E-state index contributed by atoms with van der Waals surface area (Å²) in [4.78, 5) is 11.2. The van der Waals surface area contributed by atoms with Crippen molar-refractivity contribution in [1.82, 2.24) is 9.97 Å². The second-order valence-electron chi connectivity index (χ2n) is 5.74. The normalized spacial score (nSPS) is 15.8. The number of anilines is 1. The van der Waals surface area contributed by atoms with Crippen molar-refractivity contribution < 1.29 is 4.74 Å². The third-order valence-electron chi connectivity index (χ3n) is 4.08. The van der Waals surface area contributed by atoms with Gasteiger partial charge in [0, 0.05) is 37.9 Å². The number of rotatable bonds is 4. The number of piperidine rings is 1. The monoisotopic (exact) mass is 298 g/mol. The van der Waals surface area contributed by atoms with Gasteiger partial charge >= 0.3 is 0 Å². The predicted octanol–water partition coefficient (Wildman–Crippen LogP) is 2.00. The Hall–Kier alpha value is -2.14. The number of benzene rings is 1. The van der Waals surface area contributed by atoms with E-state index in [9.17, 15) is 0 Å². The van der Waals surface area contributed by atoms with Crippen molar-refractivity contribution in [2.75, 3.05) is 25.1 Å². The fraction of sp³-hybridized carbons (Fsp3) is 0.412. The van der Waals surface area contributed by atoms with Gasteiger partial charge in [-0.3, -0.25) is 0 Å². The molecule has 1 aromatic carbocycles. The van der Waals surface area contributed by atoms with Crippen LogP contribution in [0.5, 0.6) is 5.75 Å². The molecule has 5 heteroatoms. The molecule has 1 aliphatic heterocycles. The Labute approximate surface area is 131 Å². The molecular formula is C17H22N4O. The Morgan fingerprint density at radius 2 is 1.73 bits per heavy atom. The molecule has 116 valence electrons. The first-order chi connectivity index (χ1) is 10.7. The summed E-state index contributed by atoms with van der Waals surface area (Å²) >= 11 is 0. The fourth-order valence-corrected chi connectivity index (χ4v) is 2.68. The van der Waals surface area contributed by atoms with Gasteiger partial charge in [0.15, 0.2) is 0 Å². The van der Waals surface area contributed by atoms with E-state index in [0.29, 0.717) is 6.04 Å². The molecule has 0 amide bonds. The minimum atomic E-state index is 0.325. The van der Waals surface area contributed by atoms with Crippen molar-refractivity contribution in [3.05, 3.63) is 47.8 Å². The first-order valence-corrected chi connectivity index (χ1v) is 7.69. The highest BCUT2D eigenvalue weighted by Crippen LogP contribution is 2.17. The molecule has 2 heterocycles. The van der Waals surface area contributed by atoms with E-state index in [2.05, 4.69) is 27.0 Å². The van der Waals surface area contributed by atoms with Crippen LogP contribution in [0.3, 0.4) is 0 Å². The summed E-state index contributed by atoms with van der Waals surface area (Å²) in [6.07, 6.45) is 6.69. The van der Waals surface area contributed by atoms with Crippen molar-refractivity contribution in [1.29, 1.82) is 0 Å². The van der Waals surface area contributed by atoms with E-state index >= 15 is 0 Å². The largest absolute Gasteiger partial charge is 0.497 e. The molecule has 0 unspecified atom stereocenters. The fourth-order valence-electron chi connectivity index (χ4n) is 2.68. The van der Waals surface area contributed by atoms with E-state index in [4.69, 9.17) is 10.5 Å². The topological polar surface area (TPSA) is 64.3 Å². The molecule has 5 nitrogen and oxygen atoms in total. The van der Waals surface area contributed by atoms with Gasteiger partial charge in [-0.05, 0) is 36.1 Å². The molecule has 0 bridgehead atoms. The van der Waals surface area contributed by atoms with Crippen molar-refractivity contribution in [2.24, 2.45) is 5.73 Å². The number of nitrogens with two attached hydrogens (primary N) is 1. The van der Waals surface area contributed by atoms with Crippen molar-refractivity contribution in [2.45, 2.75) is 25.3 Å². The Morgan fingerprint density at radius 3 is 2.32 bits per heavy atom. The van der Waals surface area contributed by atoms with E-state index in [1.54, 1.807) is 7.11 Å². The lowest BCUT2D eigenvalue weighted by molar-refractivity contribution is 0.414. The van der Waals surface area contributed by atoms with Crippen LogP contribution in [-0.2, 0) is 6.42 Å². The zero-order valence-corrected chi connectivity index (χ0v) is 12.9. The number of aromatic nitrogens is 2. The molecule has 1 aromatic heterocycles. The Morgan fingerprint density at radius 1 is 1.09 bits per heavy atom. The smallest absolute Gasteiger partial charge is 0.225 e. The molecule has 2 aromatic rings. The average molecular weight is 298 g/mol. The van der Waals surface area contributed by atoms with Crippen LogP contribution in [0.2, 0.25) is 0 Å². The maximum Gasteiger partial charge on any atom is 0.225 e. The molecule has 0 saturated carbocycles. The molecule has 0 spiro atoms. The van der Waals surface area contributed by atoms with Crippen LogP contribution in [0.4, 0.5) is 5.95 Å². The third kappa shape index (κ3) is 3.54. The van der Waals surface area contributed by atoms with Gasteiger partial charge in [-0.2, -0.15) is 0 Å². The average Bonchev–Trinajstić information content (AvgIpc) is 2.57. The Balaban J connectivity index is 1.63. The molecule has 2 N–H and O–H groups in total. The zero-order valence-electron chi connectivity index (χ0n) is 12.9. The summed E-state index contributed by atoms with van der Waals surface area (Å²) in [7, 11) is 1.68. The van der Waals surface area contributed by atoms with Crippen LogP contribution >= 0.6 is 0 Å². The molecule has 22 heavy (non-hydrogen) atoms. The maximum atomic E-state index is 5.93. The van der Waals surface area contributed by atoms with Crippen LogP contribution < -0.4 is 15.4 Å². The second kappa shape index (κ2) is 6.75. The quantitative estimate of drug-likeness (QED) is 0.935. The molecule has 1 aliphatic rings. The van der Waals surface area contributed by atoms with Gasteiger partial charge in [-0.25, -0.2) is 9.97 Å². The number of ether oxygens (including phenoxy) is 1. The summed E-state index contributed by atoms with van der Waals surface area (Å²) in [5.41, 5.74) is 8.27. The van der Waals surface area contributed by atoms with Gasteiger partial charge in [-0.15, -0.1) is 0 Å². The lowest BCUT2D eigenvalue weighted by Crippen LogP contribution is -2.40. The maximum absolute atomic E-state index is 5.93. The van der Waals surface area contributed by atoms with E-state index in [0.717, 1.165) is 49.6 Å². The number of hydrogen-bond donors (Lipinski definition) is 1. The van der Waals surface area contributed by atoms with Crippen molar-refractivity contribution in [3.8, 4) is 5.75 Å². The van der Waals surface area contributed by atoms with Gasteiger partial charge in [-0.1, -0.05) is 12.1 Å². The van der Waals surface area contributed by atoms with Crippen LogP contribution in [0.25, 0.3) is 0 Å². The molecule has 0 aliphatic carbocycles. The first kappa shape index (κ1) is 14.8. The summed E-state index contributed by atoms with van der Waals surface area (Å²) in [5.74, 6) is 1.68. The number of methoxy groups -OCH3 is 1. The minimum Gasteiger partial charge on any atom is -0.497 e. The lowest BCUT2D eigenvalue weighted by atomic mass is 10.1. The standard InChI is InChI=1S/C17H22N4O/c1-22-16-4-2-13(3-5-16)10-14-11-19-17(20-12-14)21-8-6-15(18)7-9-21/h2-5,11-12,15H,6-10,18H2,1H3. The predicted molar refractivity (Wildman–Crippen MR) is 87.3 cm³/mol. The van der Waals surface area contributed by atoms with Gasteiger partial charge in [0.05, 0.1) is 7.11 Å². The molecule has 0 atom stereocenters. The van der Waals surface area contributed by atoms with Gasteiger partial charge in [0.2, 0.25) is 5.95 Å². The molecular weight excluding hydrogens is 276 g/mol. The second-order valence-corrected chi connectivity index (χ2v) is 5.74. The SMILES string of the molecule is COc1ccc(Cc2cnc(N3CCC(N)CC3)nc2)cc1. The minimum absolute atomic E-state index is 0.325. The van der Waals surface area contributed by atoms with Crippen LogP contribution in [0.15, 0.2) is 36.7 Å². The van der Waals surface area contributed by atoms with Crippen LogP contribution in [-0.4, -0.2) is 36.2 Å². The summed E-state index contributed by atoms with van der Waals surface area (Å²) in [6.45, 7) is 1.89. The van der Waals surface area contributed by atoms with E-state index in [1.165, 1.54) is 5.56 Å². The van der Waals surface area contributed by atoms with Gasteiger partial charge < -0.3 is 15.4 Å². The first-order valence-electron chi connectivity index (χ1n) is 7.69. The lowest BCUT2D eigenvalue weighted by Gasteiger charge is -2.30.